The molecule has 0 atom stereocenters. The third-order valence-corrected chi connectivity index (χ3v) is 7.84. The molecule has 0 unspecified atom stereocenters. The zero-order valence-corrected chi connectivity index (χ0v) is 22.5. The van der Waals surface area contributed by atoms with Gasteiger partial charge in [-0.15, -0.1) is 0 Å². The van der Waals surface area contributed by atoms with Crippen molar-refractivity contribution < 1.29 is 24.0 Å². The summed E-state index contributed by atoms with van der Waals surface area (Å²) in [5.41, 5.74) is 1.51. The molecule has 8 nitrogen and oxygen atoms in total. The van der Waals surface area contributed by atoms with Gasteiger partial charge in [0.1, 0.15) is 5.71 Å². The molecular weight excluding hydrogens is 470 g/mol. The number of oxime groups is 1. The first kappa shape index (κ1) is 27.2. The highest BCUT2D eigenvalue weighted by atomic mass is 16.7. The summed E-state index contributed by atoms with van der Waals surface area (Å²) in [7, 11) is 0. The number of rotatable bonds is 9. The van der Waals surface area contributed by atoms with Gasteiger partial charge in [0.2, 0.25) is 5.78 Å². The van der Waals surface area contributed by atoms with Gasteiger partial charge in [0.05, 0.1) is 18.8 Å². The van der Waals surface area contributed by atoms with Crippen LogP contribution in [0.15, 0.2) is 29.6 Å². The number of benzene rings is 1. The Morgan fingerprint density at radius 3 is 2.46 bits per heavy atom. The van der Waals surface area contributed by atoms with E-state index in [9.17, 15) is 14.4 Å². The van der Waals surface area contributed by atoms with E-state index >= 15 is 0 Å². The van der Waals surface area contributed by atoms with Crippen molar-refractivity contribution in [2.75, 3.05) is 26.3 Å². The van der Waals surface area contributed by atoms with E-state index in [1.165, 1.54) is 13.3 Å². The van der Waals surface area contributed by atoms with E-state index in [2.05, 4.69) is 10.1 Å². The summed E-state index contributed by atoms with van der Waals surface area (Å²) in [4.78, 5) is 46.2. The average Bonchev–Trinajstić information content (AvgIpc) is 3.29. The lowest BCUT2D eigenvalue weighted by Gasteiger charge is -2.39. The molecule has 1 saturated heterocycles. The molecule has 2 fully saturated rings. The smallest absolute Gasteiger partial charge is 0.331 e. The number of ether oxygens (including phenoxy) is 1. The number of aromatic nitrogens is 1. The second-order valence-electron chi connectivity index (χ2n) is 10.7. The summed E-state index contributed by atoms with van der Waals surface area (Å²) in [6, 6.07) is 5.61. The van der Waals surface area contributed by atoms with E-state index in [4.69, 9.17) is 9.57 Å². The van der Waals surface area contributed by atoms with Gasteiger partial charge in [-0.05, 0) is 51.3 Å². The first-order chi connectivity index (χ1) is 17.7. The number of carbonyl (C=O) groups is 3. The van der Waals surface area contributed by atoms with Crippen molar-refractivity contribution in [3.63, 3.8) is 0 Å². The minimum Gasteiger partial charge on any atom is -0.379 e. The van der Waals surface area contributed by atoms with Crippen LogP contribution in [0.1, 0.15) is 86.9 Å². The third-order valence-electron chi connectivity index (χ3n) is 7.84. The van der Waals surface area contributed by atoms with E-state index in [-0.39, 0.29) is 17.3 Å². The van der Waals surface area contributed by atoms with Gasteiger partial charge in [-0.3, -0.25) is 14.5 Å². The number of ketones is 2. The van der Waals surface area contributed by atoms with Crippen molar-refractivity contribution >= 4 is 34.2 Å². The summed E-state index contributed by atoms with van der Waals surface area (Å²) < 4.78 is 7.48. The van der Waals surface area contributed by atoms with E-state index in [1.54, 1.807) is 0 Å². The molecule has 0 N–H and O–H groups in total. The van der Waals surface area contributed by atoms with Gasteiger partial charge in [0.25, 0.3) is 0 Å². The van der Waals surface area contributed by atoms with Gasteiger partial charge in [0.15, 0.2) is 5.78 Å². The molecule has 4 rings (SSSR count). The van der Waals surface area contributed by atoms with Gasteiger partial charge in [0, 0.05) is 54.8 Å². The second-order valence-corrected chi connectivity index (χ2v) is 10.7. The Kier molecular flexibility index (Phi) is 8.60. The van der Waals surface area contributed by atoms with Crippen molar-refractivity contribution in [2.24, 2.45) is 11.1 Å². The Morgan fingerprint density at radius 1 is 1.11 bits per heavy atom. The van der Waals surface area contributed by atoms with Crippen molar-refractivity contribution in [2.45, 2.75) is 78.3 Å². The summed E-state index contributed by atoms with van der Waals surface area (Å²) >= 11 is 0. The molecule has 1 aliphatic heterocycles. The van der Waals surface area contributed by atoms with Crippen LogP contribution in [0, 0.1) is 5.92 Å². The van der Waals surface area contributed by atoms with E-state index in [1.807, 2.05) is 49.7 Å². The summed E-state index contributed by atoms with van der Waals surface area (Å²) in [5, 5.41) is 4.73. The second kappa shape index (κ2) is 11.7. The Balaban J connectivity index is 1.70. The third kappa shape index (κ3) is 6.02. The number of aryl methyl sites for hydroxylation is 1. The largest absolute Gasteiger partial charge is 0.379 e. The Labute approximate surface area is 219 Å². The maximum Gasteiger partial charge on any atom is 0.331 e. The predicted molar refractivity (Wildman–Crippen MR) is 143 cm³/mol. The molecule has 200 valence electrons. The SMILES string of the molecule is CCn1cc(C(=O)/C(CC2CCCCC2)=N/OC(C)=O)c2cc(C(=O)C(C)(C)N3CCOCC3)ccc21. The number of hydrogen-bond acceptors (Lipinski definition) is 7. The molecule has 0 radical (unpaired) electrons. The number of fused-ring (bicyclic) bond motifs is 1. The van der Waals surface area contributed by atoms with Crippen LogP contribution in [-0.2, 0) is 20.9 Å². The molecule has 1 aliphatic carbocycles. The Morgan fingerprint density at radius 2 is 1.81 bits per heavy atom. The van der Waals surface area contributed by atoms with Crippen LogP contribution in [0.25, 0.3) is 10.9 Å². The van der Waals surface area contributed by atoms with Crippen molar-refractivity contribution in [3.05, 3.63) is 35.5 Å². The van der Waals surface area contributed by atoms with Crippen LogP contribution in [-0.4, -0.2) is 64.6 Å². The molecular formula is C29H39N3O5. The molecule has 2 aromatic rings. The Hall–Kier alpha value is -2.84. The molecule has 1 saturated carbocycles. The topological polar surface area (TPSA) is 90.2 Å². The molecule has 0 bridgehead atoms. The van der Waals surface area contributed by atoms with Crippen LogP contribution in [0.4, 0.5) is 0 Å². The van der Waals surface area contributed by atoms with Crippen LogP contribution in [0.3, 0.4) is 0 Å². The summed E-state index contributed by atoms with van der Waals surface area (Å²) in [5.74, 6) is -0.447. The van der Waals surface area contributed by atoms with Crippen LogP contribution in [0.5, 0.6) is 0 Å². The van der Waals surface area contributed by atoms with E-state index in [0.29, 0.717) is 56.3 Å². The fourth-order valence-electron chi connectivity index (χ4n) is 5.61. The molecule has 0 spiro atoms. The predicted octanol–water partition coefficient (Wildman–Crippen LogP) is 5.03. The first-order valence-electron chi connectivity index (χ1n) is 13.5. The lowest BCUT2D eigenvalue weighted by atomic mass is 9.84. The summed E-state index contributed by atoms with van der Waals surface area (Å²) in [6.07, 6.45) is 7.88. The number of morpholine rings is 1. The maximum atomic E-state index is 13.9. The molecule has 37 heavy (non-hydrogen) atoms. The van der Waals surface area contributed by atoms with Crippen LogP contribution in [0.2, 0.25) is 0 Å². The highest BCUT2D eigenvalue weighted by Crippen LogP contribution is 2.30. The first-order valence-corrected chi connectivity index (χ1v) is 13.5. The standard InChI is InChI=1S/C29H39N3O5/c1-5-31-19-24(27(34)25(30-37-20(2)33)17-21-9-7-6-8-10-21)23-18-22(11-12-26(23)31)28(35)29(3,4)32-13-15-36-16-14-32/h11-12,18-19,21H,5-10,13-17H2,1-4H3/b30-25+. The average molecular weight is 510 g/mol. The number of hydrogen-bond donors (Lipinski definition) is 0. The van der Waals surface area contributed by atoms with Crippen LogP contribution < -0.4 is 0 Å². The molecule has 2 heterocycles. The minimum atomic E-state index is -0.697. The molecule has 0 amide bonds. The van der Waals surface area contributed by atoms with E-state index in [0.717, 1.165) is 36.6 Å². The summed E-state index contributed by atoms with van der Waals surface area (Å²) in [6.45, 7) is 10.5. The zero-order chi connectivity index (χ0) is 26.6. The monoisotopic (exact) mass is 509 g/mol. The zero-order valence-electron chi connectivity index (χ0n) is 22.5. The van der Waals surface area contributed by atoms with Crippen molar-refractivity contribution in [3.8, 4) is 0 Å². The molecule has 8 heteroatoms. The van der Waals surface area contributed by atoms with Gasteiger partial charge in [-0.1, -0.05) is 37.3 Å². The normalized spacial score (nSPS) is 18.2. The number of carbonyl (C=O) groups excluding carboxylic acids is 3. The van der Waals surface area contributed by atoms with Gasteiger partial charge in [-0.25, -0.2) is 4.79 Å². The van der Waals surface area contributed by atoms with Crippen LogP contribution >= 0.6 is 0 Å². The Bertz CT molecular complexity index is 1180. The maximum absolute atomic E-state index is 13.9. The van der Waals surface area contributed by atoms with E-state index < -0.39 is 11.5 Å². The van der Waals surface area contributed by atoms with Gasteiger partial charge < -0.3 is 14.1 Å². The fourth-order valence-corrected chi connectivity index (χ4v) is 5.61. The van der Waals surface area contributed by atoms with Gasteiger partial charge >= 0.3 is 5.97 Å². The fraction of sp³-hybridized carbons (Fsp3) is 0.586. The van der Waals surface area contributed by atoms with Gasteiger partial charge in [-0.2, -0.15) is 0 Å². The lowest BCUT2D eigenvalue weighted by Crippen LogP contribution is -2.54. The van der Waals surface area contributed by atoms with Crippen molar-refractivity contribution in [1.82, 2.24) is 9.47 Å². The molecule has 2 aliphatic rings. The minimum absolute atomic E-state index is 0.00922. The molecule has 1 aromatic carbocycles. The quantitative estimate of drug-likeness (QED) is 0.204. The lowest BCUT2D eigenvalue weighted by molar-refractivity contribution is -0.140. The number of Topliss-reactive ketones (excluding diaryl/α,β-unsaturated/α-hetero) is 2. The highest BCUT2D eigenvalue weighted by Gasteiger charge is 2.36. The number of nitrogens with zero attached hydrogens (tertiary/aromatic N) is 3. The highest BCUT2D eigenvalue weighted by molar-refractivity contribution is 6.48. The van der Waals surface area contributed by atoms with Crippen molar-refractivity contribution in [1.29, 1.82) is 0 Å². The molecule has 1 aromatic heterocycles.